The summed E-state index contributed by atoms with van der Waals surface area (Å²) in [5, 5.41) is 0. The molecular formula is C61H94O6. The third-order valence-electron chi connectivity index (χ3n) is 10.3. The molecule has 0 fully saturated rings. The average Bonchev–Trinajstić information content (AvgIpc) is 3.33. The van der Waals surface area contributed by atoms with Crippen LogP contribution in [0.4, 0.5) is 0 Å². The van der Waals surface area contributed by atoms with Crippen LogP contribution in [-0.2, 0) is 28.6 Å². The lowest BCUT2D eigenvalue weighted by Gasteiger charge is -2.18. The minimum absolute atomic E-state index is 0.144. The first-order valence-corrected chi connectivity index (χ1v) is 26.3. The smallest absolute Gasteiger partial charge is 0.306 e. The molecule has 374 valence electrons. The van der Waals surface area contributed by atoms with Crippen molar-refractivity contribution in [3.63, 3.8) is 0 Å². The Labute approximate surface area is 410 Å². The third-order valence-corrected chi connectivity index (χ3v) is 10.3. The van der Waals surface area contributed by atoms with Crippen molar-refractivity contribution < 1.29 is 28.6 Å². The van der Waals surface area contributed by atoms with Crippen LogP contribution in [0.15, 0.2) is 146 Å². The molecule has 0 saturated heterocycles. The highest BCUT2D eigenvalue weighted by Crippen LogP contribution is 2.10. The van der Waals surface area contributed by atoms with E-state index in [1.807, 2.05) is 12.2 Å². The van der Waals surface area contributed by atoms with Crippen LogP contribution in [0.25, 0.3) is 0 Å². The first kappa shape index (κ1) is 62.3. The topological polar surface area (TPSA) is 78.9 Å². The fourth-order valence-corrected chi connectivity index (χ4v) is 6.36. The van der Waals surface area contributed by atoms with Crippen molar-refractivity contribution >= 4 is 17.9 Å². The number of allylic oxidation sites excluding steroid dienone is 24. The molecule has 0 amide bonds. The van der Waals surface area contributed by atoms with Crippen LogP contribution in [0.5, 0.6) is 0 Å². The van der Waals surface area contributed by atoms with Crippen molar-refractivity contribution in [1.29, 1.82) is 0 Å². The van der Waals surface area contributed by atoms with Crippen LogP contribution in [0.3, 0.4) is 0 Å². The third kappa shape index (κ3) is 52.1. The number of esters is 3. The summed E-state index contributed by atoms with van der Waals surface area (Å²) < 4.78 is 16.7. The van der Waals surface area contributed by atoms with Gasteiger partial charge in [-0.1, -0.05) is 192 Å². The van der Waals surface area contributed by atoms with E-state index in [0.717, 1.165) is 89.9 Å². The SMILES string of the molecule is CC/C=C\C/C=C\C/C=C\C/C=C\CCCCC(=O)OC[C@H](COC(=O)CC/C=C\C/C=C\C/C=C\C/C=C\C/C=C\CCCCC)OC(=O)CCCC/C=C\C/C=C\C/C=C\CCCCC. The number of ether oxygens (including phenoxy) is 3. The summed E-state index contributed by atoms with van der Waals surface area (Å²) in [4.78, 5) is 38.0. The minimum Gasteiger partial charge on any atom is -0.462 e. The summed E-state index contributed by atoms with van der Waals surface area (Å²) in [7, 11) is 0. The van der Waals surface area contributed by atoms with E-state index < -0.39 is 6.10 Å². The summed E-state index contributed by atoms with van der Waals surface area (Å²) >= 11 is 0. The largest absolute Gasteiger partial charge is 0.462 e. The molecule has 1 atom stereocenters. The Kier molecular flexibility index (Phi) is 50.1. The van der Waals surface area contributed by atoms with Gasteiger partial charge in [0.1, 0.15) is 13.2 Å². The van der Waals surface area contributed by atoms with Gasteiger partial charge in [0.2, 0.25) is 0 Å². The number of hydrogen-bond donors (Lipinski definition) is 0. The van der Waals surface area contributed by atoms with Crippen molar-refractivity contribution in [3.05, 3.63) is 146 Å². The molecule has 0 aromatic rings. The zero-order valence-electron chi connectivity index (χ0n) is 42.6. The van der Waals surface area contributed by atoms with Gasteiger partial charge in [-0.15, -0.1) is 0 Å². The second-order valence-corrected chi connectivity index (χ2v) is 16.7. The standard InChI is InChI=1S/C61H94O6/c1-4-7-10-13-16-19-22-25-28-29-30-31-34-36-39-42-45-48-51-54-60(63)66-57-58(67-61(64)55-52-49-46-43-40-37-33-27-24-21-18-15-12-9-6-3)56-65-59(62)53-50-47-44-41-38-35-32-26-23-20-17-14-11-8-5-2/h8,11,16-21,25-28,30-33,36,38-41,43,45,48,58H,4-7,9-10,12-15,22-24,29,34-35,37,42,44,46-47,49-57H2,1-3H3/b11-8-,19-16-,20-17-,21-18-,28-25-,31-30-,32-26-,33-27-,39-36-,41-38-,43-40-,48-45-/t58-/m1/s1. The van der Waals surface area contributed by atoms with Crippen molar-refractivity contribution in [2.24, 2.45) is 0 Å². The summed E-state index contributed by atoms with van der Waals surface area (Å²) in [5.41, 5.74) is 0. The lowest BCUT2D eigenvalue weighted by atomic mass is 10.1. The number of hydrogen-bond acceptors (Lipinski definition) is 6. The Bertz CT molecular complexity index is 1530. The van der Waals surface area contributed by atoms with E-state index in [4.69, 9.17) is 14.2 Å². The second-order valence-electron chi connectivity index (χ2n) is 16.7. The van der Waals surface area contributed by atoms with E-state index in [9.17, 15) is 14.4 Å². The van der Waals surface area contributed by atoms with E-state index in [-0.39, 0.29) is 50.4 Å². The highest BCUT2D eigenvalue weighted by atomic mass is 16.6. The fraction of sp³-hybridized carbons (Fsp3) is 0.557. The zero-order chi connectivity index (χ0) is 48.6. The highest BCUT2D eigenvalue weighted by Gasteiger charge is 2.19. The van der Waals surface area contributed by atoms with Crippen LogP contribution >= 0.6 is 0 Å². The lowest BCUT2D eigenvalue weighted by molar-refractivity contribution is -0.166. The summed E-state index contributed by atoms with van der Waals surface area (Å²) in [6.07, 6.45) is 77.0. The first-order chi connectivity index (χ1) is 33.0. The van der Waals surface area contributed by atoms with Crippen LogP contribution in [0.1, 0.15) is 201 Å². The second kappa shape index (κ2) is 53.9. The van der Waals surface area contributed by atoms with Gasteiger partial charge in [-0.05, 0) is 135 Å². The molecule has 0 unspecified atom stereocenters. The predicted molar refractivity (Wildman–Crippen MR) is 288 cm³/mol. The van der Waals surface area contributed by atoms with Crippen LogP contribution < -0.4 is 0 Å². The molecule has 6 heteroatoms. The Balaban J connectivity index is 4.65. The van der Waals surface area contributed by atoms with Gasteiger partial charge in [-0.25, -0.2) is 0 Å². The molecule has 0 spiro atoms. The van der Waals surface area contributed by atoms with Gasteiger partial charge >= 0.3 is 17.9 Å². The molecule has 6 nitrogen and oxygen atoms in total. The lowest BCUT2D eigenvalue weighted by Crippen LogP contribution is -2.30. The zero-order valence-corrected chi connectivity index (χ0v) is 42.6. The van der Waals surface area contributed by atoms with Crippen molar-refractivity contribution in [1.82, 2.24) is 0 Å². The Morgan fingerprint density at radius 2 is 0.597 bits per heavy atom. The van der Waals surface area contributed by atoms with Gasteiger partial charge in [0.05, 0.1) is 0 Å². The number of unbranched alkanes of at least 4 members (excludes halogenated alkanes) is 10. The predicted octanol–water partition coefficient (Wildman–Crippen LogP) is 17.6. The number of carbonyl (C=O) groups is 3. The van der Waals surface area contributed by atoms with E-state index in [1.165, 1.54) is 51.4 Å². The van der Waals surface area contributed by atoms with Crippen LogP contribution in [0, 0.1) is 0 Å². The van der Waals surface area contributed by atoms with E-state index in [2.05, 4.69) is 154 Å². The molecule has 0 bridgehead atoms. The van der Waals surface area contributed by atoms with Gasteiger partial charge in [0, 0.05) is 19.3 Å². The van der Waals surface area contributed by atoms with Crippen molar-refractivity contribution in [2.45, 2.75) is 207 Å². The van der Waals surface area contributed by atoms with E-state index in [1.54, 1.807) is 0 Å². The van der Waals surface area contributed by atoms with Gasteiger partial charge in [-0.3, -0.25) is 14.4 Å². The maximum Gasteiger partial charge on any atom is 0.306 e. The fourth-order valence-electron chi connectivity index (χ4n) is 6.36. The molecule has 0 rings (SSSR count). The average molecular weight is 923 g/mol. The van der Waals surface area contributed by atoms with Gasteiger partial charge < -0.3 is 14.2 Å². The molecule has 0 aromatic heterocycles. The maximum atomic E-state index is 12.8. The molecule has 0 N–H and O–H groups in total. The van der Waals surface area contributed by atoms with Crippen molar-refractivity contribution in [2.75, 3.05) is 13.2 Å². The summed E-state index contributed by atoms with van der Waals surface area (Å²) in [6, 6.07) is 0. The normalized spacial score (nSPS) is 13.3. The van der Waals surface area contributed by atoms with Gasteiger partial charge in [0.15, 0.2) is 6.10 Å². The van der Waals surface area contributed by atoms with Crippen LogP contribution in [-0.4, -0.2) is 37.2 Å². The molecule has 0 radical (unpaired) electrons. The summed E-state index contributed by atoms with van der Waals surface area (Å²) in [6.45, 7) is 6.30. The van der Waals surface area contributed by atoms with Gasteiger partial charge in [0.25, 0.3) is 0 Å². The van der Waals surface area contributed by atoms with E-state index in [0.29, 0.717) is 19.3 Å². The first-order valence-electron chi connectivity index (χ1n) is 26.3. The van der Waals surface area contributed by atoms with Crippen molar-refractivity contribution in [3.8, 4) is 0 Å². The molecule has 0 aromatic carbocycles. The molecule has 0 heterocycles. The molecular weight excluding hydrogens is 829 g/mol. The Morgan fingerprint density at radius 1 is 0.313 bits per heavy atom. The molecule has 0 aliphatic rings. The van der Waals surface area contributed by atoms with E-state index >= 15 is 0 Å². The number of rotatable bonds is 45. The quantitative estimate of drug-likeness (QED) is 0.0262. The Morgan fingerprint density at radius 3 is 0.940 bits per heavy atom. The van der Waals surface area contributed by atoms with Gasteiger partial charge in [-0.2, -0.15) is 0 Å². The molecule has 0 aliphatic carbocycles. The van der Waals surface area contributed by atoms with Crippen LogP contribution in [0.2, 0.25) is 0 Å². The highest BCUT2D eigenvalue weighted by molar-refractivity contribution is 5.71. The minimum atomic E-state index is -0.851. The number of carbonyl (C=O) groups excluding carboxylic acids is 3. The summed E-state index contributed by atoms with van der Waals surface area (Å²) in [5.74, 6) is -1.12. The monoisotopic (exact) mass is 923 g/mol. The molecule has 0 aliphatic heterocycles. The maximum absolute atomic E-state index is 12.8. The molecule has 0 saturated carbocycles. The Hall–Kier alpha value is -4.71. The molecule has 67 heavy (non-hydrogen) atoms.